The second kappa shape index (κ2) is 5.83. The molecular formula is C14H18N2O2. The topological polar surface area (TPSA) is 55.1 Å². The van der Waals surface area contributed by atoms with E-state index in [1.807, 2.05) is 19.9 Å². The molecule has 1 aliphatic heterocycles. The molecule has 1 fully saturated rings. The van der Waals surface area contributed by atoms with Gasteiger partial charge in [-0.1, -0.05) is 0 Å². The highest BCUT2D eigenvalue weighted by atomic mass is 16.5. The molecule has 0 atom stereocenters. The molecule has 1 saturated heterocycles. The summed E-state index contributed by atoms with van der Waals surface area (Å²) in [5.41, 5.74) is 2.17. The van der Waals surface area contributed by atoms with E-state index in [0.29, 0.717) is 23.8 Å². The maximum absolute atomic E-state index is 9.14. The average molecular weight is 246 g/mol. The van der Waals surface area contributed by atoms with Crippen LogP contribution in [0.4, 0.5) is 0 Å². The summed E-state index contributed by atoms with van der Waals surface area (Å²) in [4.78, 5) is 4.28. The molecule has 0 amide bonds. The van der Waals surface area contributed by atoms with Crippen LogP contribution in [-0.2, 0) is 4.74 Å². The fourth-order valence-electron chi connectivity index (χ4n) is 2.16. The van der Waals surface area contributed by atoms with Crippen molar-refractivity contribution in [2.24, 2.45) is 5.92 Å². The smallest absolute Gasteiger partial charge is 0.140 e. The highest BCUT2D eigenvalue weighted by Crippen LogP contribution is 2.23. The summed E-state index contributed by atoms with van der Waals surface area (Å²) in [6.45, 7) is 6.03. The van der Waals surface area contributed by atoms with Crippen molar-refractivity contribution in [2.45, 2.75) is 26.7 Å². The van der Waals surface area contributed by atoms with Crippen LogP contribution in [0.3, 0.4) is 0 Å². The van der Waals surface area contributed by atoms with E-state index in [9.17, 15) is 0 Å². The molecule has 0 radical (unpaired) electrons. The molecular weight excluding hydrogens is 228 g/mol. The van der Waals surface area contributed by atoms with Gasteiger partial charge in [0.2, 0.25) is 0 Å². The Hall–Kier alpha value is -1.60. The Bertz CT molecular complexity index is 460. The normalized spacial score (nSPS) is 16.3. The lowest BCUT2D eigenvalue weighted by molar-refractivity contribution is 0.0497. The Balaban J connectivity index is 2.06. The van der Waals surface area contributed by atoms with Gasteiger partial charge < -0.3 is 9.47 Å². The van der Waals surface area contributed by atoms with Gasteiger partial charge in [-0.2, -0.15) is 5.26 Å². The predicted molar refractivity (Wildman–Crippen MR) is 67.5 cm³/mol. The van der Waals surface area contributed by atoms with Crippen molar-refractivity contribution in [1.29, 1.82) is 5.26 Å². The molecule has 4 nitrogen and oxygen atoms in total. The number of aromatic nitrogens is 1. The Morgan fingerprint density at radius 3 is 2.83 bits per heavy atom. The summed E-state index contributed by atoms with van der Waals surface area (Å²) >= 11 is 0. The van der Waals surface area contributed by atoms with Crippen LogP contribution < -0.4 is 4.74 Å². The number of rotatable bonds is 3. The highest BCUT2D eigenvalue weighted by molar-refractivity contribution is 5.46. The lowest BCUT2D eigenvalue weighted by Crippen LogP contribution is -2.21. The van der Waals surface area contributed by atoms with Gasteiger partial charge in [0, 0.05) is 25.0 Å². The average Bonchev–Trinajstić information content (AvgIpc) is 2.37. The molecule has 0 saturated carbocycles. The van der Waals surface area contributed by atoms with Gasteiger partial charge >= 0.3 is 0 Å². The summed E-state index contributed by atoms with van der Waals surface area (Å²) < 4.78 is 11.1. The van der Waals surface area contributed by atoms with Crippen LogP contribution in [0.2, 0.25) is 0 Å². The van der Waals surface area contributed by atoms with E-state index in [1.54, 1.807) is 0 Å². The summed E-state index contributed by atoms with van der Waals surface area (Å²) in [5, 5.41) is 9.14. The van der Waals surface area contributed by atoms with Crippen LogP contribution in [0.25, 0.3) is 0 Å². The molecule has 0 unspecified atom stereocenters. The van der Waals surface area contributed by atoms with Crippen LogP contribution in [0.15, 0.2) is 6.07 Å². The number of hydrogen-bond donors (Lipinski definition) is 0. The summed E-state index contributed by atoms with van der Waals surface area (Å²) in [6, 6.07) is 4.00. The maximum atomic E-state index is 9.14. The fourth-order valence-corrected chi connectivity index (χ4v) is 2.16. The van der Waals surface area contributed by atoms with Gasteiger partial charge in [0.05, 0.1) is 12.3 Å². The molecule has 0 spiro atoms. The standard InChI is InChI=1S/C14H18N2O2/c1-10-7-14(13(8-15)11(2)16-10)18-9-12-3-5-17-6-4-12/h7,12H,3-6,9H2,1-2H3. The van der Waals surface area contributed by atoms with E-state index in [-0.39, 0.29) is 0 Å². The van der Waals surface area contributed by atoms with E-state index in [1.165, 1.54) is 0 Å². The van der Waals surface area contributed by atoms with Crippen LogP contribution in [0.1, 0.15) is 29.8 Å². The minimum Gasteiger partial charge on any atom is -0.492 e. The molecule has 2 heterocycles. The zero-order chi connectivity index (χ0) is 13.0. The van der Waals surface area contributed by atoms with E-state index in [4.69, 9.17) is 14.7 Å². The number of pyridine rings is 1. The largest absolute Gasteiger partial charge is 0.492 e. The zero-order valence-corrected chi connectivity index (χ0v) is 10.9. The first-order chi connectivity index (χ1) is 8.70. The van der Waals surface area contributed by atoms with Crippen LogP contribution >= 0.6 is 0 Å². The molecule has 4 heteroatoms. The Labute approximate surface area is 108 Å². The van der Waals surface area contributed by atoms with Crippen molar-refractivity contribution < 1.29 is 9.47 Å². The van der Waals surface area contributed by atoms with Gasteiger partial charge in [-0.15, -0.1) is 0 Å². The summed E-state index contributed by atoms with van der Waals surface area (Å²) in [5.74, 6) is 1.19. The van der Waals surface area contributed by atoms with Crippen molar-refractivity contribution in [3.63, 3.8) is 0 Å². The predicted octanol–water partition coefficient (Wildman–Crippen LogP) is 2.38. The van der Waals surface area contributed by atoms with Crippen LogP contribution in [0, 0.1) is 31.1 Å². The monoisotopic (exact) mass is 246 g/mol. The summed E-state index contributed by atoms with van der Waals surface area (Å²) in [7, 11) is 0. The lowest BCUT2D eigenvalue weighted by atomic mass is 10.0. The van der Waals surface area contributed by atoms with Crippen molar-refractivity contribution in [3.05, 3.63) is 23.0 Å². The molecule has 1 aromatic heterocycles. The van der Waals surface area contributed by atoms with Gasteiger partial charge in [0.15, 0.2) is 0 Å². The van der Waals surface area contributed by atoms with Crippen LogP contribution in [-0.4, -0.2) is 24.8 Å². The second-order valence-electron chi connectivity index (χ2n) is 4.70. The van der Waals surface area contributed by atoms with E-state index < -0.39 is 0 Å². The van der Waals surface area contributed by atoms with E-state index in [0.717, 1.165) is 37.4 Å². The van der Waals surface area contributed by atoms with Gasteiger partial charge in [-0.05, 0) is 32.6 Å². The van der Waals surface area contributed by atoms with Gasteiger partial charge in [-0.3, -0.25) is 4.98 Å². The molecule has 1 aromatic rings. The third kappa shape index (κ3) is 2.99. The number of ether oxygens (including phenoxy) is 2. The van der Waals surface area contributed by atoms with Gasteiger partial charge in [0.25, 0.3) is 0 Å². The lowest BCUT2D eigenvalue weighted by Gasteiger charge is -2.22. The minimum absolute atomic E-state index is 0.527. The Morgan fingerprint density at radius 1 is 1.44 bits per heavy atom. The molecule has 0 aliphatic carbocycles. The quantitative estimate of drug-likeness (QED) is 0.821. The number of nitriles is 1. The molecule has 18 heavy (non-hydrogen) atoms. The summed E-state index contributed by atoms with van der Waals surface area (Å²) in [6.07, 6.45) is 2.07. The first-order valence-electron chi connectivity index (χ1n) is 6.29. The molecule has 2 rings (SSSR count). The first-order valence-corrected chi connectivity index (χ1v) is 6.29. The third-order valence-corrected chi connectivity index (χ3v) is 3.22. The number of nitrogens with zero attached hydrogens (tertiary/aromatic N) is 2. The van der Waals surface area contributed by atoms with Crippen molar-refractivity contribution in [2.75, 3.05) is 19.8 Å². The minimum atomic E-state index is 0.527. The molecule has 1 aliphatic rings. The van der Waals surface area contributed by atoms with Crippen molar-refractivity contribution in [1.82, 2.24) is 4.98 Å². The zero-order valence-electron chi connectivity index (χ0n) is 10.9. The molecule has 0 aromatic carbocycles. The molecule has 0 N–H and O–H groups in total. The third-order valence-electron chi connectivity index (χ3n) is 3.22. The highest BCUT2D eigenvalue weighted by Gasteiger charge is 2.16. The maximum Gasteiger partial charge on any atom is 0.140 e. The molecule has 0 bridgehead atoms. The number of hydrogen-bond acceptors (Lipinski definition) is 4. The van der Waals surface area contributed by atoms with Gasteiger partial charge in [-0.25, -0.2) is 0 Å². The van der Waals surface area contributed by atoms with E-state index >= 15 is 0 Å². The van der Waals surface area contributed by atoms with Crippen molar-refractivity contribution in [3.8, 4) is 11.8 Å². The fraction of sp³-hybridized carbons (Fsp3) is 0.571. The van der Waals surface area contributed by atoms with E-state index in [2.05, 4.69) is 11.1 Å². The molecule has 96 valence electrons. The SMILES string of the molecule is Cc1cc(OCC2CCOCC2)c(C#N)c(C)n1. The van der Waals surface area contributed by atoms with Gasteiger partial charge in [0.1, 0.15) is 17.4 Å². The van der Waals surface area contributed by atoms with Crippen molar-refractivity contribution >= 4 is 0 Å². The second-order valence-corrected chi connectivity index (χ2v) is 4.70. The first kappa shape index (κ1) is 12.8. The van der Waals surface area contributed by atoms with Crippen LogP contribution in [0.5, 0.6) is 5.75 Å². The Morgan fingerprint density at radius 2 is 2.17 bits per heavy atom. The number of aryl methyl sites for hydroxylation is 2. The Kier molecular flexibility index (Phi) is 4.16.